The molecule has 3 aromatic rings. The Labute approximate surface area is 172 Å². The molecule has 3 aromatic carbocycles. The molecule has 0 fully saturated rings. The zero-order valence-electron chi connectivity index (χ0n) is 15.7. The molecular weight excluding hydrogens is 384 g/mol. The highest BCUT2D eigenvalue weighted by Gasteiger charge is 2.26. The van der Waals surface area contributed by atoms with E-state index in [-0.39, 0.29) is 12.3 Å². The van der Waals surface area contributed by atoms with Crippen LogP contribution in [-0.2, 0) is 16.2 Å². The molecule has 1 aliphatic rings. The van der Waals surface area contributed by atoms with E-state index in [0.29, 0.717) is 17.0 Å². The van der Waals surface area contributed by atoms with Crippen LogP contribution < -0.4 is 4.74 Å². The Morgan fingerprint density at radius 1 is 1.00 bits per heavy atom. The lowest BCUT2D eigenvalue weighted by atomic mass is 10.0. The monoisotopic (exact) mass is 400 g/mol. The maximum Gasteiger partial charge on any atom is 0.368 e. The highest BCUT2D eigenvalue weighted by molar-refractivity contribution is 6.31. The molecule has 7 nitrogen and oxygen atoms in total. The van der Waals surface area contributed by atoms with Crippen LogP contribution in [0.2, 0.25) is 0 Å². The van der Waals surface area contributed by atoms with Crippen LogP contribution in [0, 0.1) is 10.1 Å². The molecule has 30 heavy (non-hydrogen) atoms. The topological polar surface area (TPSA) is 91.0 Å². The van der Waals surface area contributed by atoms with Crippen LogP contribution in [0.5, 0.6) is 5.75 Å². The van der Waals surface area contributed by atoms with Gasteiger partial charge in [-0.25, -0.2) is 4.79 Å². The molecular formula is C23H16N2O5. The Hall–Kier alpha value is -4.26. The van der Waals surface area contributed by atoms with E-state index in [2.05, 4.69) is 5.16 Å². The number of oxime groups is 1. The van der Waals surface area contributed by atoms with Crippen LogP contribution in [0.4, 0.5) is 5.69 Å². The average molecular weight is 400 g/mol. The maximum atomic E-state index is 12.1. The Balaban J connectivity index is 1.51. The van der Waals surface area contributed by atoms with E-state index in [1.165, 1.54) is 12.1 Å². The highest BCUT2D eigenvalue weighted by Crippen LogP contribution is 2.23. The van der Waals surface area contributed by atoms with Crippen molar-refractivity contribution in [3.05, 3.63) is 111 Å². The van der Waals surface area contributed by atoms with Gasteiger partial charge in [-0.1, -0.05) is 47.6 Å². The summed E-state index contributed by atoms with van der Waals surface area (Å²) in [7, 11) is 0. The molecule has 1 aliphatic heterocycles. The predicted octanol–water partition coefficient (Wildman–Crippen LogP) is 4.52. The minimum atomic E-state index is -0.508. The molecule has 0 spiro atoms. The summed E-state index contributed by atoms with van der Waals surface area (Å²) in [6.45, 7) is 0.261. The number of hydrogen-bond acceptors (Lipinski definition) is 6. The minimum absolute atomic E-state index is 0.0340. The van der Waals surface area contributed by atoms with Gasteiger partial charge in [-0.2, -0.15) is 0 Å². The molecule has 0 bridgehead atoms. The largest absolute Gasteiger partial charge is 0.489 e. The lowest BCUT2D eigenvalue weighted by Gasteiger charge is -2.07. The van der Waals surface area contributed by atoms with Crippen LogP contribution in [0.1, 0.15) is 16.7 Å². The molecule has 0 saturated heterocycles. The summed E-state index contributed by atoms with van der Waals surface area (Å²) in [5, 5.41) is 14.6. The summed E-state index contributed by atoms with van der Waals surface area (Å²) in [6.07, 6.45) is 1.71. The first-order chi connectivity index (χ1) is 14.6. The van der Waals surface area contributed by atoms with Gasteiger partial charge in [0.05, 0.1) is 10.5 Å². The van der Waals surface area contributed by atoms with Crippen LogP contribution in [0.15, 0.2) is 89.6 Å². The standard InChI is InChI=1S/C23H16N2O5/c26-23-21(22(24-30-23)18-6-2-1-3-7-18)14-17-5-4-8-20(13-17)29-15-16-9-11-19(12-10-16)25(27)28/h1-14H,15H2/b21-14+. The molecule has 0 aliphatic carbocycles. The van der Waals surface area contributed by atoms with Crippen molar-refractivity contribution >= 4 is 23.4 Å². The number of hydrogen-bond donors (Lipinski definition) is 0. The van der Waals surface area contributed by atoms with E-state index in [1.54, 1.807) is 30.3 Å². The van der Waals surface area contributed by atoms with Crippen molar-refractivity contribution in [3.8, 4) is 5.75 Å². The first-order valence-electron chi connectivity index (χ1n) is 9.13. The minimum Gasteiger partial charge on any atom is -0.489 e. The van der Waals surface area contributed by atoms with Crippen molar-refractivity contribution in [2.75, 3.05) is 0 Å². The molecule has 0 amide bonds. The number of non-ortho nitro benzene ring substituents is 1. The van der Waals surface area contributed by atoms with Gasteiger partial charge in [0.2, 0.25) is 0 Å². The van der Waals surface area contributed by atoms with Gasteiger partial charge in [-0.05, 0) is 41.5 Å². The van der Waals surface area contributed by atoms with Gasteiger partial charge < -0.3 is 9.57 Å². The van der Waals surface area contributed by atoms with Crippen molar-refractivity contribution in [2.24, 2.45) is 5.16 Å². The third-order valence-electron chi connectivity index (χ3n) is 4.46. The maximum absolute atomic E-state index is 12.1. The van der Waals surface area contributed by atoms with Crippen LogP contribution >= 0.6 is 0 Å². The Morgan fingerprint density at radius 2 is 1.77 bits per heavy atom. The van der Waals surface area contributed by atoms with E-state index in [9.17, 15) is 14.9 Å². The lowest BCUT2D eigenvalue weighted by molar-refractivity contribution is -0.384. The zero-order valence-corrected chi connectivity index (χ0v) is 15.7. The number of nitro benzene ring substituents is 1. The van der Waals surface area contributed by atoms with Gasteiger partial charge in [-0.3, -0.25) is 10.1 Å². The molecule has 0 radical (unpaired) electrons. The average Bonchev–Trinajstić information content (AvgIpc) is 3.13. The molecule has 7 heteroatoms. The Kier molecular flexibility index (Phi) is 5.34. The molecule has 0 N–H and O–H groups in total. The van der Waals surface area contributed by atoms with Gasteiger partial charge >= 0.3 is 5.97 Å². The smallest absolute Gasteiger partial charge is 0.368 e. The van der Waals surface area contributed by atoms with E-state index in [4.69, 9.17) is 9.57 Å². The predicted molar refractivity (Wildman–Crippen MR) is 111 cm³/mol. The second-order valence-corrected chi connectivity index (χ2v) is 6.53. The van der Waals surface area contributed by atoms with Gasteiger partial charge in [0.25, 0.3) is 5.69 Å². The van der Waals surface area contributed by atoms with Crippen molar-refractivity contribution in [1.29, 1.82) is 0 Å². The third kappa shape index (κ3) is 4.25. The van der Waals surface area contributed by atoms with Gasteiger partial charge in [0.1, 0.15) is 18.1 Å². The number of nitro groups is 1. The summed E-state index contributed by atoms with van der Waals surface area (Å²) < 4.78 is 5.79. The summed E-state index contributed by atoms with van der Waals surface area (Å²) in [5.41, 5.74) is 3.24. The van der Waals surface area contributed by atoms with E-state index in [1.807, 2.05) is 42.5 Å². The van der Waals surface area contributed by atoms with Crippen LogP contribution in [0.25, 0.3) is 6.08 Å². The van der Waals surface area contributed by atoms with E-state index >= 15 is 0 Å². The van der Waals surface area contributed by atoms with Crippen LogP contribution in [0.3, 0.4) is 0 Å². The molecule has 148 valence electrons. The van der Waals surface area contributed by atoms with Crippen molar-refractivity contribution in [1.82, 2.24) is 0 Å². The number of nitrogens with zero attached hydrogens (tertiary/aromatic N) is 2. The molecule has 4 rings (SSSR count). The number of benzene rings is 3. The number of carbonyl (C=O) groups is 1. The third-order valence-corrected chi connectivity index (χ3v) is 4.46. The number of carbonyl (C=O) groups excluding carboxylic acids is 1. The fraction of sp³-hybridized carbons (Fsp3) is 0.0435. The quantitative estimate of drug-likeness (QED) is 0.263. The van der Waals surface area contributed by atoms with Crippen LogP contribution in [-0.4, -0.2) is 16.6 Å². The lowest BCUT2D eigenvalue weighted by Crippen LogP contribution is -2.06. The molecule has 0 atom stereocenters. The normalized spacial score (nSPS) is 14.3. The summed E-state index contributed by atoms with van der Waals surface area (Å²) in [4.78, 5) is 27.3. The summed E-state index contributed by atoms with van der Waals surface area (Å²) in [6, 6.07) is 22.8. The Bertz CT molecular complexity index is 1150. The van der Waals surface area contributed by atoms with Crippen molar-refractivity contribution < 1.29 is 19.3 Å². The highest BCUT2D eigenvalue weighted by atomic mass is 16.7. The number of rotatable bonds is 6. The van der Waals surface area contributed by atoms with E-state index in [0.717, 1.165) is 16.7 Å². The zero-order chi connectivity index (χ0) is 20.9. The summed E-state index contributed by atoms with van der Waals surface area (Å²) in [5.74, 6) is 0.0957. The van der Waals surface area contributed by atoms with Gasteiger partial charge in [-0.15, -0.1) is 0 Å². The van der Waals surface area contributed by atoms with E-state index < -0.39 is 10.9 Å². The molecule has 0 aromatic heterocycles. The Morgan fingerprint density at radius 3 is 2.50 bits per heavy atom. The fourth-order valence-corrected chi connectivity index (χ4v) is 2.95. The number of ether oxygens (including phenoxy) is 1. The van der Waals surface area contributed by atoms with Crippen molar-refractivity contribution in [3.63, 3.8) is 0 Å². The molecule has 0 saturated carbocycles. The van der Waals surface area contributed by atoms with Gasteiger partial charge in [0.15, 0.2) is 0 Å². The summed E-state index contributed by atoms with van der Waals surface area (Å²) >= 11 is 0. The first kappa shape index (κ1) is 19.1. The van der Waals surface area contributed by atoms with Crippen molar-refractivity contribution in [2.45, 2.75) is 6.61 Å². The first-order valence-corrected chi connectivity index (χ1v) is 9.13. The molecule has 0 unspecified atom stereocenters. The second kappa shape index (κ2) is 8.40. The molecule has 1 heterocycles. The fourth-order valence-electron chi connectivity index (χ4n) is 2.95. The second-order valence-electron chi connectivity index (χ2n) is 6.53. The van der Waals surface area contributed by atoms with Gasteiger partial charge in [0, 0.05) is 17.7 Å². The SMILES string of the molecule is O=C1ON=C(c2ccccc2)/C1=C\c1cccc(OCc2ccc([N+](=O)[O-])cc2)c1.